The molecule has 2 heterocycles. The number of aromatic nitrogens is 2. The van der Waals surface area contributed by atoms with Crippen molar-refractivity contribution >= 4 is 22.5 Å². The number of H-pyrrole nitrogens is 1. The Hall–Kier alpha value is -3.03. The first-order valence-electron chi connectivity index (χ1n) is 10.3. The van der Waals surface area contributed by atoms with Crippen LogP contribution in [0.4, 0.5) is 5.69 Å². The average molecular weight is 406 g/mol. The lowest BCUT2D eigenvalue weighted by Crippen LogP contribution is -2.35. The SMILES string of the molecule is O=C(CCCc1nc2ccccc2c(=O)[nH]1)Nc1cccc(CN2CCOCC2)c1. The molecule has 1 aliphatic heterocycles. The number of carbonyl (C=O) groups excluding carboxylic acids is 1. The van der Waals surface area contributed by atoms with E-state index >= 15 is 0 Å². The number of amides is 1. The van der Waals surface area contributed by atoms with Crippen LogP contribution < -0.4 is 10.9 Å². The fourth-order valence-corrected chi connectivity index (χ4v) is 3.66. The van der Waals surface area contributed by atoms with E-state index in [4.69, 9.17) is 4.74 Å². The van der Waals surface area contributed by atoms with Crippen LogP contribution in [0.5, 0.6) is 0 Å². The Balaban J connectivity index is 1.29. The number of fused-ring (bicyclic) bond motifs is 1. The highest BCUT2D eigenvalue weighted by Gasteiger charge is 2.11. The zero-order chi connectivity index (χ0) is 20.8. The zero-order valence-electron chi connectivity index (χ0n) is 16.9. The van der Waals surface area contributed by atoms with Gasteiger partial charge in [0.15, 0.2) is 0 Å². The first-order chi connectivity index (χ1) is 14.7. The van der Waals surface area contributed by atoms with E-state index in [0.717, 1.165) is 38.5 Å². The summed E-state index contributed by atoms with van der Waals surface area (Å²) < 4.78 is 5.39. The van der Waals surface area contributed by atoms with Gasteiger partial charge in [0.2, 0.25) is 5.91 Å². The topological polar surface area (TPSA) is 87.3 Å². The second-order valence-corrected chi connectivity index (χ2v) is 7.52. The highest BCUT2D eigenvalue weighted by Crippen LogP contribution is 2.14. The second-order valence-electron chi connectivity index (χ2n) is 7.52. The molecule has 1 aliphatic rings. The fraction of sp³-hybridized carbons (Fsp3) is 0.348. The molecule has 156 valence electrons. The van der Waals surface area contributed by atoms with Crippen molar-refractivity contribution in [3.05, 3.63) is 70.3 Å². The molecular formula is C23H26N4O3. The molecule has 0 saturated carbocycles. The summed E-state index contributed by atoms with van der Waals surface area (Å²) in [5.74, 6) is 0.570. The largest absolute Gasteiger partial charge is 0.379 e. The van der Waals surface area contributed by atoms with E-state index in [0.29, 0.717) is 36.0 Å². The maximum Gasteiger partial charge on any atom is 0.258 e. The minimum Gasteiger partial charge on any atom is -0.379 e. The minimum absolute atomic E-state index is 0.0401. The lowest BCUT2D eigenvalue weighted by molar-refractivity contribution is -0.116. The number of hydrogen-bond acceptors (Lipinski definition) is 5. The van der Waals surface area contributed by atoms with Crippen LogP contribution in [-0.4, -0.2) is 47.1 Å². The van der Waals surface area contributed by atoms with Gasteiger partial charge in [-0.2, -0.15) is 0 Å². The van der Waals surface area contributed by atoms with E-state index in [-0.39, 0.29) is 11.5 Å². The summed E-state index contributed by atoms with van der Waals surface area (Å²) in [7, 11) is 0. The Kier molecular flexibility index (Phi) is 6.51. The van der Waals surface area contributed by atoms with Crippen LogP contribution in [0.25, 0.3) is 10.9 Å². The number of para-hydroxylation sites is 1. The molecule has 4 rings (SSSR count). The first kappa shape index (κ1) is 20.3. The van der Waals surface area contributed by atoms with Crippen molar-refractivity contribution < 1.29 is 9.53 Å². The Morgan fingerprint density at radius 2 is 1.97 bits per heavy atom. The van der Waals surface area contributed by atoms with E-state index in [2.05, 4.69) is 26.3 Å². The molecule has 2 N–H and O–H groups in total. The zero-order valence-corrected chi connectivity index (χ0v) is 16.9. The number of nitrogens with zero attached hydrogens (tertiary/aromatic N) is 2. The molecular weight excluding hydrogens is 380 g/mol. The lowest BCUT2D eigenvalue weighted by Gasteiger charge is -2.26. The molecule has 0 atom stereocenters. The summed E-state index contributed by atoms with van der Waals surface area (Å²) in [5.41, 5.74) is 2.52. The molecule has 1 amide bonds. The van der Waals surface area contributed by atoms with Crippen LogP contribution in [0.1, 0.15) is 24.2 Å². The summed E-state index contributed by atoms with van der Waals surface area (Å²) in [4.78, 5) is 34.1. The number of anilines is 1. The molecule has 1 aromatic heterocycles. The molecule has 0 spiro atoms. The molecule has 7 nitrogen and oxygen atoms in total. The monoisotopic (exact) mass is 406 g/mol. The van der Waals surface area contributed by atoms with Crippen LogP contribution in [0, 0.1) is 0 Å². The Morgan fingerprint density at radius 1 is 1.13 bits per heavy atom. The van der Waals surface area contributed by atoms with Gasteiger partial charge in [0, 0.05) is 38.2 Å². The number of carbonyl (C=O) groups is 1. The third-order valence-corrected chi connectivity index (χ3v) is 5.20. The van der Waals surface area contributed by atoms with Crippen LogP contribution in [-0.2, 0) is 22.5 Å². The highest BCUT2D eigenvalue weighted by molar-refractivity contribution is 5.90. The normalized spacial score (nSPS) is 14.7. The molecule has 2 aromatic carbocycles. The highest BCUT2D eigenvalue weighted by atomic mass is 16.5. The van der Waals surface area contributed by atoms with Gasteiger partial charge in [-0.15, -0.1) is 0 Å². The first-order valence-corrected chi connectivity index (χ1v) is 10.3. The standard InChI is InChI=1S/C23H26N4O3/c28-22(10-4-9-21-25-20-8-2-1-7-19(20)23(29)26-21)24-18-6-3-5-17(15-18)16-27-11-13-30-14-12-27/h1-3,5-8,15H,4,9-14,16H2,(H,24,28)(H,25,26,29). The predicted molar refractivity (Wildman–Crippen MR) is 116 cm³/mol. The van der Waals surface area contributed by atoms with Crippen LogP contribution in [0.15, 0.2) is 53.3 Å². The molecule has 7 heteroatoms. The number of morpholine rings is 1. The van der Waals surface area contributed by atoms with Crippen molar-refractivity contribution in [1.29, 1.82) is 0 Å². The number of aromatic amines is 1. The molecule has 30 heavy (non-hydrogen) atoms. The maximum atomic E-state index is 12.4. The third kappa shape index (κ3) is 5.31. The number of benzene rings is 2. The number of aryl methyl sites for hydroxylation is 1. The van der Waals surface area contributed by atoms with Gasteiger partial charge in [0.05, 0.1) is 24.1 Å². The summed E-state index contributed by atoms with van der Waals surface area (Å²) in [6.07, 6.45) is 1.52. The van der Waals surface area contributed by atoms with Crippen molar-refractivity contribution in [2.45, 2.75) is 25.8 Å². The van der Waals surface area contributed by atoms with Gasteiger partial charge in [-0.1, -0.05) is 24.3 Å². The summed E-state index contributed by atoms with van der Waals surface area (Å²) in [5, 5.41) is 3.55. The molecule has 1 fully saturated rings. The van der Waals surface area contributed by atoms with Crippen molar-refractivity contribution in [3.63, 3.8) is 0 Å². The number of nitrogens with one attached hydrogen (secondary N) is 2. The lowest BCUT2D eigenvalue weighted by atomic mass is 10.1. The number of rotatable bonds is 7. The van der Waals surface area contributed by atoms with E-state index in [1.54, 1.807) is 6.07 Å². The van der Waals surface area contributed by atoms with Gasteiger partial charge in [-0.3, -0.25) is 14.5 Å². The molecule has 3 aromatic rings. The predicted octanol–water partition coefficient (Wildman–Crippen LogP) is 2.72. The van der Waals surface area contributed by atoms with Gasteiger partial charge in [0.25, 0.3) is 5.56 Å². The third-order valence-electron chi connectivity index (χ3n) is 5.20. The van der Waals surface area contributed by atoms with Crippen molar-refractivity contribution in [1.82, 2.24) is 14.9 Å². The number of ether oxygens (including phenoxy) is 1. The van der Waals surface area contributed by atoms with Gasteiger partial charge in [-0.05, 0) is 36.2 Å². The van der Waals surface area contributed by atoms with Crippen LogP contribution in [0.2, 0.25) is 0 Å². The quantitative estimate of drug-likeness (QED) is 0.630. The van der Waals surface area contributed by atoms with Gasteiger partial charge in [-0.25, -0.2) is 4.98 Å². The van der Waals surface area contributed by atoms with Gasteiger partial charge < -0.3 is 15.0 Å². The maximum absolute atomic E-state index is 12.4. The average Bonchev–Trinajstić information content (AvgIpc) is 2.75. The summed E-state index contributed by atoms with van der Waals surface area (Å²) in [6.45, 7) is 4.26. The Morgan fingerprint density at radius 3 is 2.83 bits per heavy atom. The van der Waals surface area contributed by atoms with Crippen molar-refractivity contribution in [2.24, 2.45) is 0 Å². The Labute approximate surface area is 175 Å². The molecule has 0 aliphatic carbocycles. The number of hydrogen-bond donors (Lipinski definition) is 2. The molecule has 0 radical (unpaired) electrons. The summed E-state index contributed by atoms with van der Waals surface area (Å²) in [6, 6.07) is 15.2. The minimum atomic E-state index is -0.142. The van der Waals surface area contributed by atoms with Crippen LogP contribution >= 0.6 is 0 Å². The fourth-order valence-electron chi connectivity index (χ4n) is 3.66. The Bertz CT molecular complexity index is 1070. The molecule has 0 unspecified atom stereocenters. The van der Waals surface area contributed by atoms with Gasteiger partial charge >= 0.3 is 0 Å². The summed E-state index contributed by atoms with van der Waals surface area (Å²) >= 11 is 0. The van der Waals surface area contributed by atoms with E-state index in [1.165, 1.54) is 5.56 Å². The van der Waals surface area contributed by atoms with E-state index in [1.807, 2.05) is 36.4 Å². The van der Waals surface area contributed by atoms with Crippen molar-refractivity contribution in [3.8, 4) is 0 Å². The van der Waals surface area contributed by atoms with Gasteiger partial charge in [0.1, 0.15) is 5.82 Å². The van der Waals surface area contributed by atoms with E-state index < -0.39 is 0 Å². The second kappa shape index (κ2) is 9.65. The molecule has 1 saturated heterocycles. The van der Waals surface area contributed by atoms with E-state index in [9.17, 15) is 9.59 Å². The van der Waals surface area contributed by atoms with Crippen molar-refractivity contribution in [2.75, 3.05) is 31.6 Å². The van der Waals surface area contributed by atoms with Crippen LogP contribution in [0.3, 0.4) is 0 Å². The smallest absolute Gasteiger partial charge is 0.258 e. The molecule has 0 bridgehead atoms.